The van der Waals surface area contributed by atoms with Crippen LogP contribution in [0, 0.1) is 0 Å². The van der Waals surface area contributed by atoms with Crippen molar-refractivity contribution in [3.63, 3.8) is 0 Å². The van der Waals surface area contributed by atoms with E-state index in [0.717, 1.165) is 5.56 Å². The van der Waals surface area contributed by atoms with Crippen molar-refractivity contribution < 1.29 is 9.53 Å². The molecule has 0 heterocycles. The zero-order chi connectivity index (χ0) is 11.8. The van der Waals surface area contributed by atoms with Crippen LogP contribution in [0.25, 0.3) is 6.08 Å². The number of benzene rings is 1. The van der Waals surface area contributed by atoms with Gasteiger partial charge in [0.2, 0.25) is 0 Å². The lowest BCUT2D eigenvalue weighted by Gasteiger charge is -2.07. The molecule has 0 N–H and O–H groups in total. The standard InChI is InChI=1S/C13H14O2S/c1-3-16-11(2)15-13(14)10-9-12-7-5-4-6-8-12/h3-11H,1H2,2H3. The van der Waals surface area contributed by atoms with Crippen LogP contribution in [0.5, 0.6) is 0 Å². The second-order valence-corrected chi connectivity index (χ2v) is 4.32. The third-order valence-corrected chi connectivity index (χ3v) is 2.45. The molecule has 0 fully saturated rings. The SMILES string of the molecule is C=CSC(C)OC(=O)C=Cc1ccccc1. The Morgan fingerprint density at radius 1 is 1.44 bits per heavy atom. The van der Waals surface area contributed by atoms with E-state index in [1.165, 1.54) is 17.8 Å². The van der Waals surface area contributed by atoms with Crippen LogP contribution in [0.1, 0.15) is 12.5 Å². The molecule has 2 nitrogen and oxygen atoms in total. The molecule has 1 aromatic carbocycles. The van der Waals surface area contributed by atoms with E-state index in [-0.39, 0.29) is 11.4 Å². The molecule has 0 radical (unpaired) electrons. The number of thioether (sulfide) groups is 1. The van der Waals surface area contributed by atoms with Gasteiger partial charge in [-0.3, -0.25) is 0 Å². The van der Waals surface area contributed by atoms with Crippen molar-refractivity contribution in [3.05, 3.63) is 54.0 Å². The lowest BCUT2D eigenvalue weighted by Crippen LogP contribution is -2.08. The lowest BCUT2D eigenvalue weighted by atomic mass is 10.2. The summed E-state index contributed by atoms with van der Waals surface area (Å²) in [6.45, 7) is 5.36. The summed E-state index contributed by atoms with van der Waals surface area (Å²) in [5, 5.41) is 1.65. The number of ether oxygens (including phenoxy) is 1. The minimum absolute atomic E-state index is 0.203. The first-order valence-electron chi connectivity index (χ1n) is 4.92. The third kappa shape index (κ3) is 4.84. The molecule has 0 amide bonds. The van der Waals surface area contributed by atoms with Gasteiger partial charge in [-0.15, -0.1) is 0 Å². The van der Waals surface area contributed by atoms with Gasteiger partial charge < -0.3 is 4.74 Å². The van der Waals surface area contributed by atoms with Gasteiger partial charge in [-0.25, -0.2) is 4.79 Å². The number of hydrogen-bond acceptors (Lipinski definition) is 3. The fourth-order valence-corrected chi connectivity index (χ4v) is 1.52. The topological polar surface area (TPSA) is 26.3 Å². The predicted octanol–water partition coefficient (Wildman–Crippen LogP) is 3.47. The first-order chi connectivity index (χ1) is 7.72. The van der Waals surface area contributed by atoms with Gasteiger partial charge in [-0.2, -0.15) is 0 Å². The van der Waals surface area contributed by atoms with Gasteiger partial charge in [-0.05, 0) is 24.0 Å². The minimum Gasteiger partial charge on any atom is -0.448 e. The first kappa shape index (κ1) is 12.6. The molecular formula is C13H14O2S. The van der Waals surface area contributed by atoms with Crippen molar-refractivity contribution in [1.29, 1.82) is 0 Å². The Labute approximate surface area is 100 Å². The van der Waals surface area contributed by atoms with Crippen LogP contribution in [-0.4, -0.2) is 11.4 Å². The first-order valence-corrected chi connectivity index (χ1v) is 5.87. The van der Waals surface area contributed by atoms with Gasteiger partial charge >= 0.3 is 5.97 Å². The van der Waals surface area contributed by atoms with Gasteiger partial charge in [0, 0.05) is 6.08 Å². The fourth-order valence-electron chi connectivity index (χ4n) is 1.09. The molecule has 16 heavy (non-hydrogen) atoms. The Morgan fingerprint density at radius 2 is 2.12 bits per heavy atom. The van der Waals surface area contributed by atoms with Crippen LogP contribution < -0.4 is 0 Å². The van der Waals surface area contributed by atoms with Crippen LogP contribution in [0.4, 0.5) is 0 Å². The molecule has 1 rings (SSSR count). The van der Waals surface area contributed by atoms with E-state index in [1.807, 2.05) is 30.3 Å². The van der Waals surface area contributed by atoms with E-state index in [4.69, 9.17) is 4.74 Å². The highest BCUT2D eigenvalue weighted by Crippen LogP contribution is 2.12. The molecule has 1 unspecified atom stereocenters. The highest BCUT2D eigenvalue weighted by molar-refractivity contribution is 8.02. The second kappa shape index (κ2) is 6.90. The smallest absolute Gasteiger partial charge is 0.331 e. The molecular weight excluding hydrogens is 220 g/mol. The fraction of sp³-hybridized carbons (Fsp3) is 0.154. The highest BCUT2D eigenvalue weighted by atomic mass is 32.2. The van der Waals surface area contributed by atoms with Crippen molar-refractivity contribution >= 4 is 23.8 Å². The average Bonchev–Trinajstić information content (AvgIpc) is 2.28. The predicted molar refractivity (Wildman–Crippen MR) is 68.8 cm³/mol. The number of esters is 1. The normalized spacial score (nSPS) is 12.3. The monoisotopic (exact) mass is 234 g/mol. The van der Waals surface area contributed by atoms with Crippen molar-refractivity contribution in [2.45, 2.75) is 12.4 Å². The van der Waals surface area contributed by atoms with E-state index in [2.05, 4.69) is 6.58 Å². The van der Waals surface area contributed by atoms with E-state index >= 15 is 0 Å². The Balaban J connectivity index is 2.45. The molecule has 0 aliphatic carbocycles. The molecule has 0 aliphatic rings. The van der Waals surface area contributed by atoms with Crippen molar-refractivity contribution in [2.24, 2.45) is 0 Å². The number of carbonyl (C=O) groups is 1. The highest BCUT2D eigenvalue weighted by Gasteiger charge is 2.04. The summed E-state index contributed by atoms with van der Waals surface area (Å²) < 4.78 is 5.08. The largest absolute Gasteiger partial charge is 0.448 e. The molecule has 1 atom stereocenters. The van der Waals surface area contributed by atoms with Gasteiger partial charge in [0.25, 0.3) is 0 Å². The van der Waals surface area contributed by atoms with Crippen LogP contribution in [0.3, 0.4) is 0 Å². The van der Waals surface area contributed by atoms with Gasteiger partial charge in [-0.1, -0.05) is 48.7 Å². The average molecular weight is 234 g/mol. The molecule has 0 bridgehead atoms. The number of carbonyl (C=O) groups excluding carboxylic acids is 1. The number of rotatable bonds is 5. The zero-order valence-electron chi connectivity index (χ0n) is 9.13. The summed E-state index contributed by atoms with van der Waals surface area (Å²) in [6.07, 6.45) is 3.16. The van der Waals surface area contributed by atoms with E-state index < -0.39 is 0 Å². The third-order valence-electron chi connectivity index (χ3n) is 1.78. The molecule has 1 aromatic rings. The summed E-state index contributed by atoms with van der Waals surface area (Å²) in [7, 11) is 0. The van der Waals surface area contributed by atoms with Gasteiger partial charge in [0.1, 0.15) is 5.44 Å². The maximum atomic E-state index is 11.3. The van der Waals surface area contributed by atoms with Crippen molar-refractivity contribution in [3.8, 4) is 0 Å². The summed E-state index contributed by atoms with van der Waals surface area (Å²) in [5.41, 5.74) is 0.772. The molecule has 0 saturated heterocycles. The molecule has 3 heteroatoms. The van der Waals surface area contributed by atoms with Crippen LogP contribution >= 0.6 is 11.8 Å². The maximum absolute atomic E-state index is 11.3. The van der Waals surface area contributed by atoms with Crippen molar-refractivity contribution in [1.82, 2.24) is 0 Å². The maximum Gasteiger partial charge on any atom is 0.331 e. The van der Waals surface area contributed by atoms with Gasteiger partial charge in [0.15, 0.2) is 0 Å². The van der Waals surface area contributed by atoms with E-state index in [0.29, 0.717) is 0 Å². The molecule has 0 saturated carbocycles. The summed E-state index contributed by atoms with van der Waals surface area (Å²) in [6, 6.07) is 9.61. The lowest BCUT2D eigenvalue weighted by molar-refractivity contribution is -0.138. The molecule has 0 aliphatic heterocycles. The quantitative estimate of drug-likeness (QED) is 0.443. The summed E-state index contributed by atoms with van der Waals surface area (Å²) >= 11 is 1.37. The molecule has 0 spiro atoms. The summed E-state index contributed by atoms with van der Waals surface area (Å²) in [5.74, 6) is -0.342. The van der Waals surface area contributed by atoms with E-state index in [9.17, 15) is 4.79 Å². The molecule has 0 aromatic heterocycles. The Kier molecular flexibility index (Phi) is 5.43. The van der Waals surface area contributed by atoms with Crippen LogP contribution in [0.2, 0.25) is 0 Å². The van der Waals surface area contributed by atoms with E-state index in [1.54, 1.807) is 18.4 Å². The van der Waals surface area contributed by atoms with Gasteiger partial charge in [0.05, 0.1) is 0 Å². The van der Waals surface area contributed by atoms with Crippen molar-refractivity contribution in [2.75, 3.05) is 0 Å². The summed E-state index contributed by atoms with van der Waals surface area (Å²) in [4.78, 5) is 11.3. The second-order valence-electron chi connectivity index (χ2n) is 3.05. The number of hydrogen-bond donors (Lipinski definition) is 0. The Morgan fingerprint density at radius 3 is 2.75 bits per heavy atom. The Hall–Kier alpha value is -1.48. The van der Waals surface area contributed by atoms with Crippen LogP contribution in [0.15, 0.2) is 48.4 Å². The zero-order valence-corrected chi connectivity index (χ0v) is 9.94. The minimum atomic E-state index is -0.342. The Bertz CT molecular complexity index is 371. The molecule has 84 valence electrons. The van der Waals surface area contributed by atoms with Crippen LogP contribution in [-0.2, 0) is 9.53 Å².